The number of amides is 1. The Bertz CT molecular complexity index is 1040. The molecule has 1 saturated heterocycles. The molecule has 174 valence electrons. The summed E-state index contributed by atoms with van der Waals surface area (Å²) in [6.07, 6.45) is 0. The van der Waals surface area contributed by atoms with Crippen molar-refractivity contribution in [2.24, 2.45) is 0 Å². The largest absolute Gasteiger partial charge is 0.497 e. The Hall–Kier alpha value is -2.49. The number of rotatable bonds is 8. The summed E-state index contributed by atoms with van der Waals surface area (Å²) in [4.78, 5) is 16.6. The molecule has 0 atom stereocenters. The second-order valence-corrected chi connectivity index (χ2v) is 9.84. The molecule has 0 unspecified atom stereocenters. The molecule has 10 heteroatoms. The first-order valence-electron chi connectivity index (χ1n) is 10.3. The van der Waals surface area contributed by atoms with Crippen molar-refractivity contribution in [1.82, 2.24) is 9.62 Å². The first kappa shape index (κ1) is 24.2. The number of carbonyl (C=O) groups excluding carboxylic acids is 1. The lowest BCUT2D eigenvalue weighted by Gasteiger charge is -2.36. The van der Waals surface area contributed by atoms with Gasteiger partial charge in [0, 0.05) is 37.9 Å². The number of piperazine rings is 1. The van der Waals surface area contributed by atoms with Crippen molar-refractivity contribution in [3.63, 3.8) is 0 Å². The van der Waals surface area contributed by atoms with Gasteiger partial charge in [0.25, 0.3) is 5.91 Å². The van der Waals surface area contributed by atoms with Gasteiger partial charge in [0.15, 0.2) is 6.61 Å². The molecule has 1 N–H and O–H groups in total. The van der Waals surface area contributed by atoms with E-state index in [1.807, 2.05) is 24.3 Å². The number of methoxy groups -OCH3 is 1. The molecular weight excluding hydrogens is 454 g/mol. The molecule has 2 aromatic rings. The zero-order chi connectivity index (χ0) is 23.3. The van der Waals surface area contributed by atoms with Gasteiger partial charge in [-0.1, -0.05) is 11.6 Å². The molecule has 0 aromatic heterocycles. The van der Waals surface area contributed by atoms with Gasteiger partial charge in [0.05, 0.1) is 17.0 Å². The van der Waals surface area contributed by atoms with Gasteiger partial charge in [0.2, 0.25) is 10.0 Å². The Morgan fingerprint density at radius 3 is 2.31 bits per heavy atom. The zero-order valence-corrected chi connectivity index (χ0v) is 19.9. The Balaban J connectivity index is 1.52. The van der Waals surface area contributed by atoms with Gasteiger partial charge in [-0.25, -0.2) is 13.1 Å². The van der Waals surface area contributed by atoms with Crippen LogP contribution in [0.3, 0.4) is 0 Å². The first-order valence-corrected chi connectivity index (χ1v) is 12.2. The van der Waals surface area contributed by atoms with Crippen molar-refractivity contribution < 1.29 is 22.7 Å². The quantitative estimate of drug-likeness (QED) is 0.623. The van der Waals surface area contributed by atoms with Crippen molar-refractivity contribution in [2.45, 2.75) is 24.8 Å². The van der Waals surface area contributed by atoms with Crippen molar-refractivity contribution in [1.29, 1.82) is 0 Å². The van der Waals surface area contributed by atoms with Crippen molar-refractivity contribution in [3.8, 4) is 11.5 Å². The van der Waals surface area contributed by atoms with Crippen molar-refractivity contribution in [3.05, 3.63) is 47.5 Å². The molecule has 0 saturated carbocycles. The zero-order valence-electron chi connectivity index (χ0n) is 18.4. The van der Waals surface area contributed by atoms with Crippen LogP contribution in [0.5, 0.6) is 11.5 Å². The summed E-state index contributed by atoms with van der Waals surface area (Å²) in [5, 5.41) is 0.133. The maximum atomic E-state index is 12.6. The van der Waals surface area contributed by atoms with E-state index in [2.05, 4.69) is 9.62 Å². The predicted molar refractivity (Wildman–Crippen MR) is 124 cm³/mol. The summed E-state index contributed by atoms with van der Waals surface area (Å²) in [7, 11) is -2.02. The van der Waals surface area contributed by atoms with Crippen LogP contribution in [-0.2, 0) is 14.8 Å². The van der Waals surface area contributed by atoms with Crippen LogP contribution in [0.15, 0.2) is 47.4 Å². The Labute approximate surface area is 194 Å². The number of hydrogen-bond donors (Lipinski definition) is 1. The van der Waals surface area contributed by atoms with Crippen molar-refractivity contribution in [2.75, 3.05) is 44.8 Å². The summed E-state index contributed by atoms with van der Waals surface area (Å²) in [5.74, 6) is 0.925. The van der Waals surface area contributed by atoms with E-state index in [-0.39, 0.29) is 34.2 Å². The van der Waals surface area contributed by atoms with Gasteiger partial charge >= 0.3 is 0 Å². The lowest BCUT2D eigenvalue weighted by molar-refractivity contribution is -0.133. The highest BCUT2D eigenvalue weighted by Gasteiger charge is 2.22. The third-order valence-electron chi connectivity index (χ3n) is 5.03. The second kappa shape index (κ2) is 10.4. The van der Waals surface area contributed by atoms with Crippen LogP contribution >= 0.6 is 11.6 Å². The van der Waals surface area contributed by atoms with E-state index in [1.54, 1.807) is 25.9 Å². The molecule has 32 heavy (non-hydrogen) atoms. The maximum absolute atomic E-state index is 12.6. The van der Waals surface area contributed by atoms with Gasteiger partial charge in [-0.15, -0.1) is 0 Å². The monoisotopic (exact) mass is 481 g/mol. The van der Waals surface area contributed by atoms with Gasteiger partial charge in [-0.3, -0.25) is 4.79 Å². The van der Waals surface area contributed by atoms with Gasteiger partial charge in [0.1, 0.15) is 11.5 Å². The average molecular weight is 482 g/mol. The van der Waals surface area contributed by atoms with Crippen LogP contribution in [-0.4, -0.2) is 65.2 Å². The number of anilines is 1. The molecule has 1 aliphatic rings. The standard InChI is InChI=1S/C22H28ClN3O5S/c1-16(2)24-32(28,29)19-8-9-21(20(23)14-19)31-15-22(27)26-12-10-25(11-13-26)17-4-6-18(30-3)7-5-17/h4-9,14,16,24H,10-13,15H2,1-3H3. The first-order chi connectivity index (χ1) is 15.2. The number of benzene rings is 2. The number of ether oxygens (including phenoxy) is 2. The molecule has 1 fully saturated rings. The summed E-state index contributed by atoms with van der Waals surface area (Å²) >= 11 is 6.19. The molecule has 1 aliphatic heterocycles. The van der Waals surface area contributed by atoms with Crippen LogP contribution < -0.4 is 19.1 Å². The number of hydrogen-bond acceptors (Lipinski definition) is 6. The number of nitrogens with one attached hydrogen (secondary N) is 1. The predicted octanol–water partition coefficient (Wildman–Crippen LogP) is 2.76. The molecule has 1 amide bonds. The fraction of sp³-hybridized carbons (Fsp3) is 0.409. The number of nitrogens with zero attached hydrogens (tertiary/aromatic N) is 2. The Kier molecular flexibility index (Phi) is 7.86. The smallest absolute Gasteiger partial charge is 0.260 e. The van der Waals surface area contributed by atoms with Crippen LogP contribution in [0, 0.1) is 0 Å². The molecule has 1 heterocycles. The van der Waals surface area contributed by atoms with Crippen molar-refractivity contribution >= 4 is 33.2 Å². The fourth-order valence-corrected chi connectivity index (χ4v) is 4.96. The molecule has 0 bridgehead atoms. The van der Waals surface area contributed by atoms with E-state index in [0.29, 0.717) is 26.2 Å². The molecule has 0 aliphatic carbocycles. The van der Waals surface area contributed by atoms with E-state index in [9.17, 15) is 13.2 Å². The third-order valence-corrected chi connectivity index (χ3v) is 6.98. The SMILES string of the molecule is COc1ccc(N2CCN(C(=O)COc3ccc(S(=O)(=O)NC(C)C)cc3Cl)CC2)cc1. The van der Waals surface area contributed by atoms with Crippen LogP contribution in [0.2, 0.25) is 5.02 Å². The van der Waals surface area contributed by atoms with Crippen LogP contribution in [0.1, 0.15) is 13.8 Å². The third kappa shape index (κ3) is 6.05. The topological polar surface area (TPSA) is 88.2 Å². The summed E-state index contributed by atoms with van der Waals surface area (Å²) in [6, 6.07) is 11.8. The lowest BCUT2D eigenvalue weighted by atomic mass is 10.2. The van der Waals surface area contributed by atoms with Gasteiger partial charge in [-0.05, 0) is 56.3 Å². The van der Waals surface area contributed by atoms with Gasteiger partial charge < -0.3 is 19.3 Å². The Morgan fingerprint density at radius 1 is 1.09 bits per heavy atom. The van der Waals surface area contributed by atoms with E-state index >= 15 is 0 Å². The van der Waals surface area contributed by atoms with E-state index in [1.165, 1.54) is 18.2 Å². The molecule has 0 radical (unpaired) electrons. The highest BCUT2D eigenvalue weighted by Crippen LogP contribution is 2.27. The van der Waals surface area contributed by atoms with E-state index in [0.717, 1.165) is 11.4 Å². The molecule has 3 rings (SSSR count). The highest BCUT2D eigenvalue weighted by atomic mass is 35.5. The number of halogens is 1. The lowest BCUT2D eigenvalue weighted by Crippen LogP contribution is -2.50. The number of carbonyl (C=O) groups is 1. The van der Waals surface area contributed by atoms with Crippen LogP contribution in [0.4, 0.5) is 5.69 Å². The minimum atomic E-state index is -3.66. The van der Waals surface area contributed by atoms with E-state index in [4.69, 9.17) is 21.1 Å². The average Bonchev–Trinajstić information content (AvgIpc) is 2.77. The maximum Gasteiger partial charge on any atom is 0.260 e. The minimum absolute atomic E-state index is 0.0459. The number of sulfonamides is 1. The Morgan fingerprint density at radius 2 is 1.75 bits per heavy atom. The van der Waals surface area contributed by atoms with E-state index < -0.39 is 10.0 Å². The summed E-state index contributed by atoms with van der Waals surface area (Å²) in [5.41, 5.74) is 1.09. The highest BCUT2D eigenvalue weighted by molar-refractivity contribution is 7.89. The van der Waals surface area contributed by atoms with Gasteiger partial charge in [-0.2, -0.15) is 0 Å². The summed E-state index contributed by atoms with van der Waals surface area (Å²) < 4.78 is 37.8. The van der Waals surface area contributed by atoms with Crippen LogP contribution in [0.25, 0.3) is 0 Å². The minimum Gasteiger partial charge on any atom is -0.497 e. The molecule has 2 aromatic carbocycles. The molecule has 0 spiro atoms. The molecular formula is C22H28ClN3O5S. The molecule has 8 nitrogen and oxygen atoms in total. The second-order valence-electron chi connectivity index (χ2n) is 7.72. The normalized spacial score (nSPS) is 14.5. The summed E-state index contributed by atoms with van der Waals surface area (Å²) in [6.45, 7) is 5.90. The fourth-order valence-electron chi connectivity index (χ4n) is 3.38.